The average molecular weight is 615 g/mol. The highest BCUT2D eigenvalue weighted by Crippen LogP contribution is 2.11. The topological polar surface area (TPSA) is 260 Å². The fourth-order valence-electron chi connectivity index (χ4n) is 4.20. The van der Waals surface area contributed by atoms with Gasteiger partial charge in [-0.3, -0.25) is 28.8 Å². The molecule has 0 unspecified atom stereocenters. The first kappa shape index (κ1) is 39.2. The van der Waals surface area contributed by atoms with Gasteiger partial charge in [0.25, 0.3) is 0 Å². The van der Waals surface area contributed by atoms with Gasteiger partial charge in [0.1, 0.15) is 24.2 Å². The van der Waals surface area contributed by atoms with Gasteiger partial charge in [-0.1, -0.05) is 41.5 Å². The Bertz CT molecular complexity index is 986. The third-order valence-electron chi connectivity index (χ3n) is 6.32. The molecule has 0 aromatic rings. The first-order chi connectivity index (χ1) is 19.8. The van der Waals surface area contributed by atoms with Crippen LogP contribution in [0.15, 0.2) is 0 Å². The van der Waals surface area contributed by atoms with Crippen molar-refractivity contribution in [1.29, 1.82) is 0 Å². The first-order valence-corrected chi connectivity index (χ1v) is 14.5. The zero-order valence-corrected chi connectivity index (χ0v) is 26.0. The maximum absolute atomic E-state index is 13.3. The van der Waals surface area contributed by atoms with E-state index in [0.29, 0.717) is 6.42 Å². The Morgan fingerprint density at radius 1 is 0.558 bits per heavy atom. The van der Waals surface area contributed by atoms with E-state index in [0.717, 1.165) is 0 Å². The number of hydrogen-bond acceptors (Lipinski definition) is 8. The van der Waals surface area contributed by atoms with E-state index in [4.69, 9.17) is 16.6 Å². The molecule has 0 aromatic carbocycles. The minimum atomic E-state index is -1.40. The second-order valence-corrected chi connectivity index (χ2v) is 12.0. The van der Waals surface area contributed by atoms with Crippen LogP contribution in [0.4, 0.5) is 0 Å². The molecule has 246 valence electrons. The van der Waals surface area contributed by atoms with Crippen LogP contribution in [-0.4, -0.2) is 81.9 Å². The summed E-state index contributed by atoms with van der Waals surface area (Å²) >= 11 is 0. The fourth-order valence-corrected chi connectivity index (χ4v) is 4.20. The monoisotopic (exact) mass is 614 g/mol. The minimum Gasteiger partial charge on any atom is -0.481 e. The molecule has 0 saturated heterocycles. The third-order valence-corrected chi connectivity index (χ3v) is 6.32. The van der Waals surface area contributed by atoms with Gasteiger partial charge in [-0.15, -0.1) is 0 Å². The molecule has 0 heterocycles. The van der Waals surface area contributed by atoms with E-state index in [1.807, 2.05) is 13.8 Å². The molecule has 0 fully saturated rings. The zero-order chi connectivity index (χ0) is 33.4. The molecule has 0 radical (unpaired) electrons. The van der Waals surface area contributed by atoms with E-state index in [9.17, 15) is 38.7 Å². The van der Waals surface area contributed by atoms with Crippen LogP contribution in [0.1, 0.15) is 86.5 Å². The molecule has 0 aliphatic rings. The van der Waals surface area contributed by atoms with E-state index >= 15 is 0 Å². The molecule has 0 aliphatic heterocycles. The summed E-state index contributed by atoms with van der Waals surface area (Å²) in [6.07, 6.45) is -0.773. The lowest BCUT2D eigenvalue weighted by Gasteiger charge is -2.27. The maximum atomic E-state index is 13.3. The van der Waals surface area contributed by atoms with Crippen molar-refractivity contribution in [3.8, 4) is 0 Å². The highest BCUT2D eigenvalue weighted by molar-refractivity contribution is 5.95. The third kappa shape index (κ3) is 17.1. The van der Waals surface area contributed by atoms with Gasteiger partial charge in [-0.05, 0) is 49.9 Å². The van der Waals surface area contributed by atoms with Crippen LogP contribution in [0.2, 0.25) is 0 Å². The van der Waals surface area contributed by atoms with Gasteiger partial charge in [0.2, 0.25) is 29.5 Å². The van der Waals surface area contributed by atoms with Gasteiger partial charge < -0.3 is 42.9 Å². The molecular weight excluding hydrogens is 564 g/mol. The van der Waals surface area contributed by atoms with Crippen molar-refractivity contribution in [2.45, 2.75) is 117 Å². The van der Waals surface area contributed by atoms with Crippen molar-refractivity contribution in [2.24, 2.45) is 29.2 Å². The first-order valence-electron chi connectivity index (χ1n) is 14.5. The summed E-state index contributed by atoms with van der Waals surface area (Å²) in [4.78, 5) is 86.6. The van der Waals surface area contributed by atoms with Crippen molar-refractivity contribution < 1.29 is 43.8 Å². The van der Waals surface area contributed by atoms with Crippen LogP contribution in [0.25, 0.3) is 0 Å². The van der Waals surface area contributed by atoms with Crippen molar-refractivity contribution >= 4 is 41.5 Å². The Morgan fingerprint density at radius 2 is 0.930 bits per heavy atom. The van der Waals surface area contributed by atoms with Crippen molar-refractivity contribution in [3.05, 3.63) is 0 Å². The molecule has 0 bridgehead atoms. The zero-order valence-electron chi connectivity index (χ0n) is 26.0. The predicted octanol–water partition coefficient (Wildman–Crippen LogP) is -0.394. The van der Waals surface area contributed by atoms with Gasteiger partial charge in [0, 0.05) is 12.8 Å². The normalized spacial score (nSPS) is 14.7. The summed E-state index contributed by atoms with van der Waals surface area (Å²) in [5.74, 6) is -6.46. The SMILES string of the molecule is CC(C)C[C@H](NC(=O)[C@H](CC(C)C)NC(=O)[C@H](CCC(N)=O)NC(=O)[C@H](CCC(=O)O)NC(=O)[C@@H](N)CC(C)C)C(=O)O. The smallest absolute Gasteiger partial charge is 0.326 e. The van der Waals surface area contributed by atoms with Gasteiger partial charge in [0.05, 0.1) is 6.04 Å². The fraction of sp³-hybridized carbons (Fsp3) is 0.750. The van der Waals surface area contributed by atoms with Crippen LogP contribution >= 0.6 is 0 Å². The molecule has 0 aliphatic carbocycles. The summed E-state index contributed by atoms with van der Waals surface area (Å²) in [5.41, 5.74) is 11.2. The molecular formula is C28H50N6O9. The quantitative estimate of drug-likeness (QED) is 0.0829. The molecule has 15 heteroatoms. The number of carbonyl (C=O) groups is 7. The number of carboxylic acids is 2. The molecule has 5 amide bonds. The number of amides is 5. The van der Waals surface area contributed by atoms with Crippen LogP contribution < -0.4 is 32.7 Å². The van der Waals surface area contributed by atoms with Crippen molar-refractivity contribution in [3.63, 3.8) is 0 Å². The molecule has 15 nitrogen and oxygen atoms in total. The average Bonchev–Trinajstić information content (AvgIpc) is 2.86. The molecule has 0 aromatic heterocycles. The maximum Gasteiger partial charge on any atom is 0.326 e. The number of nitrogens with two attached hydrogens (primary N) is 2. The number of carbonyl (C=O) groups excluding carboxylic acids is 5. The number of hydrogen-bond donors (Lipinski definition) is 8. The summed E-state index contributed by atoms with van der Waals surface area (Å²) in [5, 5.41) is 28.5. The molecule has 10 N–H and O–H groups in total. The molecule has 0 spiro atoms. The number of rotatable bonds is 21. The van der Waals surface area contributed by atoms with E-state index in [1.165, 1.54) is 0 Å². The van der Waals surface area contributed by atoms with E-state index in [1.54, 1.807) is 27.7 Å². The molecule has 0 rings (SSSR count). The lowest BCUT2D eigenvalue weighted by molar-refractivity contribution is -0.143. The van der Waals surface area contributed by atoms with Crippen LogP contribution in [0, 0.1) is 17.8 Å². The summed E-state index contributed by atoms with van der Waals surface area (Å²) in [6.45, 7) is 10.9. The Kier molecular flexibility index (Phi) is 17.7. The number of primary amides is 1. The second kappa shape index (κ2) is 19.4. The predicted molar refractivity (Wildman–Crippen MR) is 157 cm³/mol. The van der Waals surface area contributed by atoms with Crippen molar-refractivity contribution in [1.82, 2.24) is 21.3 Å². The summed E-state index contributed by atoms with van der Waals surface area (Å²) in [6, 6.07) is -6.10. The Hall–Kier alpha value is -3.75. The largest absolute Gasteiger partial charge is 0.481 e. The number of nitrogens with one attached hydrogen (secondary N) is 4. The number of aliphatic carboxylic acids is 2. The summed E-state index contributed by atoms with van der Waals surface area (Å²) < 4.78 is 0. The highest BCUT2D eigenvalue weighted by Gasteiger charge is 2.32. The lowest BCUT2D eigenvalue weighted by Crippen LogP contribution is -2.58. The van der Waals surface area contributed by atoms with E-state index in [-0.39, 0.29) is 49.9 Å². The minimum absolute atomic E-state index is 0.0394. The Labute approximate surface area is 252 Å². The van der Waals surface area contributed by atoms with Crippen molar-refractivity contribution in [2.75, 3.05) is 0 Å². The molecule has 43 heavy (non-hydrogen) atoms. The Morgan fingerprint density at radius 3 is 1.35 bits per heavy atom. The van der Waals surface area contributed by atoms with Crippen LogP contribution in [0.5, 0.6) is 0 Å². The van der Waals surface area contributed by atoms with Gasteiger partial charge >= 0.3 is 11.9 Å². The lowest BCUT2D eigenvalue weighted by atomic mass is 9.99. The molecule has 5 atom stereocenters. The standard InChI is InChI=1S/C28H50N6O9/c1-14(2)11-17(29)24(38)31-19(8-10-23(36)37)25(39)32-18(7-9-22(30)35)26(40)33-20(12-15(3)4)27(41)34-21(28(42)43)13-16(5)6/h14-21H,7-13,29H2,1-6H3,(H2,30,35)(H,31,38)(H,32,39)(H,33,40)(H,34,41)(H,36,37)(H,42,43)/t17-,18-,19-,20-,21-/m0/s1. The van der Waals surface area contributed by atoms with E-state index in [2.05, 4.69) is 21.3 Å². The van der Waals surface area contributed by atoms with Gasteiger partial charge in [-0.2, -0.15) is 0 Å². The highest BCUT2D eigenvalue weighted by atomic mass is 16.4. The van der Waals surface area contributed by atoms with E-state index < -0.39 is 78.1 Å². The number of carboxylic acid groups (broad SMARTS) is 2. The van der Waals surface area contributed by atoms with Gasteiger partial charge in [-0.25, -0.2) is 4.79 Å². The van der Waals surface area contributed by atoms with Crippen LogP contribution in [-0.2, 0) is 33.6 Å². The Balaban J connectivity index is 6.00. The van der Waals surface area contributed by atoms with Crippen LogP contribution in [0.3, 0.4) is 0 Å². The second-order valence-electron chi connectivity index (χ2n) is 12.0. The molecule has 0 saturated carbocycles. The van der Waals surface area contributed by atoms with Gasteiger partial charge in [0.15, 0.2) is 0 Å². The summed E-state index contributed by atoms with van der Waals surface area (Å²) in [7, 11) is 0.